The Morgan fingerprint density at radius 1 is 1.38 bits per heavy atom. The van der Waals surface area contributed by atoms with Crippen LogP contribution >= 0.6 is 0 Å². The van der Waals surface area contributed by atoms with Gasteiger partial charge in [0.2, 0.25) is 0 Å². The Bertz CT molecular complexity index is 305. The van der Waals surface area contributed by atoms with E-state index in [1.807, 2.05) is 32.2 Å². The molecule has 0 aliphatic heterocycles. The predicted octanol–water partition coefficient (Wildman–Crippen LogP) is 1.35. The summed E-state index contributed by atoms with van der Waals surface area (Å²) in [6.07, 6.45) is 0.0970. The molecule has 1 atom stereocenters. The lowest BCUT2D eigenvalue weighted by molar-refractivity contribution is -0.00142. The zero-order valence-corrected chi connectivity index (χ0v) is 10.2. The third kappa shape index (κ3) is 4.70. The highest BCUT2D eigenvalue weighted by Gasteiger charge is 2.03. The van der Waals surface area contributed by atoms with Crippen molar-refractivity contribution >= 4 is 0 Å². The lowest BCUT2D eigenvalue weighted by Gasteiger charge is -2.11. The molecule has 1 rings (SSSR count). The molecule has 1 aromatic rings. The van der Waals surface area contributed by atoms with Crippen molar-refractivity contribution in [3.8, 4) is 0 Å². The van der Waals surface area contributed by atoms with E-state index in [4.69, 9.17) is 9.47 Å². The van der Waals surface area contributed by atoms with E-state index in [0.717, 1.165) is 17.9 Å². The third-order valence-corrected chi connectivity index (χ3v) is 2.14. The lowest BCUT2D eigenvalue weighted by atomic mass is 10.3. The molecule has 4 heteroatoms. The third-order valence-electron chi connectivity index (χ3n) is 2.14. The van der Waals surface area contributed by atoms with Gasteiger partial charge in [-0.3, -0.25) is 4.98 Å². The molecule has 1 aromatic heterocycles. The number of nitrogens with one attached hydrogen (secondary N) is 1. The van der Waals surface area contributed by atoms with Crippen LogP contribution in [0.25, 0.3) is 0 Å². The van der Waals surface area contributed by atoms with Gasteiger partial charge in [0, 0.05) is 13.7 Å². The SMILES string of the molecule is CNCc1cccc(COC(C)COC)n1. The molecule has 90 valence electrons. The summed E-state index contributed by atoms with van der Waals surface area (Å²) in [5, 5.41) is 3.07. The average Bonchev–Trinajstić information content (AvgIpc) is 2.28. The summed E-state index contributed by atoms with van der Waals surface area (Å²) in [6.45, 7) is 3.90. The van der Waals surface area contributed by atoms with Crippen LogP contribution in [0.5, 0.6) is 0 Å². The summed E-state index contributed by atoms with van der Waals surface area (Å²) >= 11 is 0. The normalized spacial score (nSPS) is 12.7. The molecule has 4 nitrogen and oxygen atoms in total. The highest BCUT2D eigenvalue weighted by molar-refractivity contribution is 5.10. The summed E-state index contributed by atoms with van der Waals surface area (Å²) in [4.78, 5) is 4.47. The fourth-order valence-electron chi connectivity index (χ4n) is 1.40. The quantitative estimate of drug-likeness (QED) is 0.759. The Hall–Kier alpha value is -0.970. The molecule has 1 unspecified atom stereocenters. The van der Waals surface area contributed by atoms with Gasteiger partial charge in [-0.15, -0.1) is 0 Å². The van der Waals surface area contributed by atoms with E-state index in [9.17, 15) is 0 Å². The van der Waals surface area contributed by atoms with E-state index in [2.05, 4.69) is 10.3 Å². The van der Waals surface area contributed by atoms with Crippen LogP contribution in [-0.2, 0) is 22.6 Å². The Morgan fingerprint density at radius 3 is 2.81 bits per heavy atom. The molecule has 0 saturated carbocycles. The Kier molecular flexibility index (Phi) is 6.00. The molecular formula is C12H20N2O2. The van der Waals surface area contributed by atoms with Gasteiger partial charge in [-0.2, -0.15) is 0 Å². The van der Waals surface area contributed by atoms with Crippen molar-refractivity contribution in [3.63, 3.8) is 0 Å². The van der Waals surface area contributed by atoms with Gasteiger partial charge in [-0.05, 0) is 26.1 Å². The predicted molar refractivity (Wildman–Crippen MR) is 63.1 cm³/mol. The second-order valence-electron chi connectivity index (χ2n) is 3.73. The van der Waals surface area contributed by atoms with E-state index in [0.29, 0.717) is 13.2 Å². The first-order valence-corrected chi connectivity index (χ1v) is 5.46. The topological polar surface area (TPSA) is 43.4 Å². The minimum absolute atomic E-state index is 0.0970. The van der Waals surface area contributed by atoms with Crippen molar-refractivity contribution in [2.24, 2.45) is 0 Å². The van der Waals surface area contributed by atoms with Crippen LogP contribution in [0.15, 0.2) is 18.2 Å². The average molecular weight is 224 g/mol. The minimum atomic E-state index is 0.0970. The van der Waals surface area contributed by atoms with E-state index in [1.165, 1.54) is 0 Å². The molecule has 16 heavy (non-hydrogen) atoms. The first kappa shape index (κ1) is 13.1. The fourth-order valence-corrected chi connectivity index (χ4v) is 1.40. The fraction of sp³-hybridized carbons (Fsp3) is 0.583. The van der Waals surface area contributed by atoms with Gasteiger partial charge >= 0.3 is 0 Å². The van der Waals surface area contributed by atoms with Gasteiger partial charge in [-0.25, -0.2) is 0 Å². The summed E-state index contributed by atoms with van der Waals surface area (Å²) in [5.74, 6) is 0. The van der Waals surface area contributed by atoms with E-state index in [-0.39, 0.29) is 6.10 Å². The Morgan fingerprint density at radius 2 is 2.12 bits per heavy atom. The van der Waals surface area contributed by atoms with Crippen molar-refractivity contribution in [2.75, 3.05) is 20.8 Å². The zero-order valence-electron chi connectivity index (χ0n) is 10.2. The van der Waals surface area contributed by atoms with Gasteiger partial charge in [-0.1, -0.05) is 6.07 Å². The van der Waals surface area contributed by atoms with Crippen molar-refractivity contribution in [1.82, 2.24) is 10.3 Å². The number of pyridine rings is 1. The molecule has 0 fully saturated rings. The van der Waals surface area contributed by atoms with Crippen molar-refractivity contribution < 1.29 is 9.47 Å². The van der Waals surface area contributed by atoms with Gasteiger partial charge in [0.05, 0.1) is 30.7 Å². The Balaban J connectivity index is 2.44. The van der Waals surface area contributed by atoms with E-state index >= 15 is 0 Å². The van der Waals surface area contributed by atoms with Crippen LogP contribution < -0.4 is 5.32 Å². The second kappa shape index (κ2) is 7.33. The number of nitrogens with zero attached hydrogens (tertiary/aromatic N) is 1. The number of methoxy groups -OCH3 is 1. The molecule has 0 radical (unpaired) electrons. The van der Waals surface area contributed by atoms with Gasteiger partial charge < -0.3 is 14.8 Å². The molecule has 0 saturated heterocycles. The van der Waals surface area contributed by atoms with Crippen LogP contribution in [0.4, 0.5) is 0 Å². The lowest BCUT2D eigenvalue weighted by Crippen LogP contribution is -2.15. The first-order chi connectivity index (χ1) is 7.76. The first-order valence-electron chi connectivity index (χ1n) is 5.46. The van der Waals surface area contributed by atoms with Gasteiger partial charge in [0.15, 0.2) is 0 Å². The number of rotatable bonds is 7. The maximum absolute atomic E-state index is 5.59. The van der Waals surface area contributed by atoms with Gasteiger partial charge in [0.25, 0.3) is 0 Å². The van der Waals surface area contributed by atoms with Crippen LogP contribution in [-0.4, -0.2) is 31.9 Å². The largest absolute Gasteiger partial charge is 0.382 e. The molecule has 0 aromatic carbocycles. The highest BCUT2D eigenvalue weighted by Crippen LogP contribution is 2.03. The van der Waals surface area contributed by atoms with Crippen LogP contribution in [0.2, 0.25) is 0 Å². The maximum atomic E-state index is 5.59. The standard InChI is InChI=1S/C12H20N2O2/c1-10(8-15-3)16-9-12-6-4-5-11(14-12)7-13-2/h4-6,10,13H,7-9H2,1-3H3. The number of aromatic nitrogens is 1. The summed E-state index contributed by atoms with van der Waals surface area (Å²) in [6, 6.07) is 5.97. The molecular weight excluding hydrogens is 204 g/mol. The second-order valence-corrected chi connectivity index (χ2v) is 3.73. The number of hydrogen-bond donors (Lipinski definition) is 1. The van der Waals surface area contributed by atoms with Crippen molar-refractivity contribution in [3.05, 3.63) is 29.6 Å². The zero-order chi connectivity index (χ0) is 11.8. The van der Waals surface area contributed by atoms with Crippen LogP contribution in [0, 0.1) is 0 Å². The van der Waals surface area contributed by atoms with Gasteiger partial charge in [0.1, 0.15) is 0 Å². The van der Waals surface area contributed by atoms with Crippen LogP contribution in [0.3, 0.4) is 0 Å². The minimum Gasteiger partial charge on any atom is -0.382 e. The van der Waals surface area contributed by atoms with Crippen molar-refractivity contribution in [2.45, 2.75) is 26.2 Å². The van der Waals surface area contributed by atoms with E-state index in [1.54, 1.807) is 7.11 Å². The smallest absolute Gasteiger partial charge is 0.0892 e. The molecule has 0 aliphatic carbocycles. The molecule has 0 aliphatic rings. The molecule has 1 heterocycles. The maximum Gasteiger partial charge on any atom is 0.0892 e. The molecule has 0 bridgehead atoms. The summed E-state index contributed by atoms with van der Waals surface area (Å²) < 4.78 is 10.6. The van der Waals surface area contributed by atoms with E-state index < -0.39 is 0 Å². The van der Waals surface area contributed by atoms with Crippen molar-refractivity contribution in [1.29, 1.82) is 0 Å². The number of ether oxygens (including phenoxy) is 2. The highest BCUT2D eigenvalue weighted by atomic mass is 16.5. The monoisotopic (exact) mass is 224 g/mol. The van der Waals surface area contributed by atoms with Crippen LogP contribution in [0.1, 0.15) is 18.3 Å². The molecule has 0 spiro atoms. The summed E-state index contributed by atoms with van der Waals surface area (Å²) in [5.41, 5.74) is 1.98. The molecule has 0 amide bonds. The molecule has 1 N–H and O–H groups in total. The Labute approximate surface area is 97.0 Å². The summed E-state index contributed by atoms with van der Waals surface area (Å²) in [7, 11) is 3.58. The number of hydrogen-bond acceptors (Lipinski definition) is 4.